The molecule has 0 atom stereocenters. The second-order valence-electron chi connectivity index (χ2n) is 8.66. The number of phenolic OH excluding ortho intramolecular Hbond substituents is 3. The third kappa shape index (κ3) is 3.89. The monoisotopic (exact) mass is 404 g/mol. The first-order chi connectivity index (χ1) is 14.0. The van der Waals surface area contributed by atoms with Crippen LogP contribution in [0, 0.1) is 48.5 Å². The van der Waals surface area contributed by atoms with Crippen LogP contribution in [0.15, 0.2) is 24.3 Å². The van der Waals surface area contributed by atoms with Gasteiger partial charge in [0.15, 0.2) is 0 Å². The van der Waals surface area contributed by atoms with Crippen LogP contribution in [-0.2, 0) is 12.8 Å². The molecule has 3 aromatic rings. The van der Waals surface area contributed by atoms with Crippen LogP contribution in [0.3, 0.4) is 0 Å². The van der Waals surface area contributed by atoms with E-state index in [-0.39, 0.29) is 0 Å². The topological polar surface area (TPSA) is 60.7 Å². The number of aromatic hydroxyl groups is 3. The van der Waals surface area contributed by atoms with Gasteiger partial charge >= 0.3 is 0 Å². The summed E-state index contributed by atoms with van der Waals surface area (Å²) in [6.07, 6.45) is 1.37. The molecule has 3 rings (SSSR count). The normalized spacial score (nSPS) is 11.2. The molecule has 0 saturated carbocycles. The van der Waals surface area contributed by atoms with E-state index in [1.807, 2.05) is 46.8 Å². The third-order valence-corrected chi connectivity index (χ3v) is 6.60. The molecule has 158 valence electrons. The van der Waals surface area contributed by atoms with Crippen LogP contribution in [0.1, 0.15) is 61.2 Å². The van der Waals surface area contributed by atoms with Crippen LogP contribution >= 0.6 is 0 Å². The fraction of sp³-hybridized carbons (Fsp3) is 0.333. The Bertz CT molecular complexity index is 1050. The van der Waals surface area contributed by atoms with Crippen LogP contribution in [0.25, 0.3) is 0 Å². The Balaban J connectivity index is 2.12. The quantitative estimate of drug-likeness (QED) is 0.489. The van der Waals surface area contributed by atoms with Crippen LogP contribution in [0.4, 0.5) is 0 Å². The summed E-state index contributed by atoms with van der Waals surface area (Å²) in [6, 6.07) is 7.68. The second kappa shape index (κ2) is 8.06. The first-order valence-electron chi connectivity index (χ1n) is 10.4. The Kier molecular flexibility index (Phi) is 5.85. The zero-order chi connectivity index (χ0) is 22.3. The van der Waals surface area contributed by atoms with Crippen LogP contribution in [0.2, 0.25) is 0 Å². The van der Waals surface area contributed by atoms with E-state index in [1.54, 1.807) is 6.07 Å². The zero-order valence-electron chi connectivity index (χ0n) is 19.1. The molecule has 3 N–H and O–H groups in total. The lowest BCUT2D eigenvalue weighted by Crippen LogP contribution is -2.06. The van der Waals surface area contributed by atoms with E-state index in [2.05, 4.69) is 19.9 Å². The van der Waals surface area contributed by atoms with Crippen molar-refractivity contribution in [2.24, 2.45) is 0 Å². The zero-order valence-corrected chi connectivity index (χ0v) is 19.1. The van der Waals surface area contributed by atoms with Crippen molar-refractivity contribution in [3.8, 4) is 17.2 Å². The lowest BCUT2D eigenvalue weighted by molar-refractivity contribution is 0.463. The Labute approximate surface area is 179 Å². The number of hydrogen-bond acceptors (Lipinski definition) is 3. The summed E-state index contributed by atoms with van der Waals surface area (Å²) in [7, 11) is 0. The first kappa shape index (κ1) is 21.8. The molecule has 0 aliphatic rings. The van der Waals surface area contributed by atoms with Crippen LogP contribution < -0.4 is 0 Å². The van der Waals surface area contributed by atoms with Gasteiger partial charge in [0.2, 0.25) is 0 Å². The minimum Gasteiger partial charge on any atom is -0.508 e. The summed E-state index contributed by atoms with van der Waals surface area (Å²) < 4.78 is 0. The number of hydrogen-bond donors (Lipinski definition) is 3. The molecule has 0 aliphatic heterocycles. The van der Waals surface area contributed by atoms with E-state index >= 15 is 0 Å². The highest BCUT2D eigenvalue weighted by atomic mass is 16.3. The maximum atomic E-state index is 11.0. The summed E-state index contributed by atoms with van der Waals surface area (Å²) in [4.78, 5) is 0. The molecular formula is C27H32O3. The first-order valence-corrected chi connectivity index (χ1v) is 10.4. The van der Waals surface area contributed by atoms with Crippen molar-refractivity contribution in [1.29, 1.82) is 0 Å². The molecule has 30 heavy (non-hydrogen) atoms. The van der Waals surface area contributed by atoms with E-state index in [1.165, 1.54) is 11.1 Å². The summed E-state index contributed by atoms with van der Waals surface area (Å²) in [6.45, 7) is 14.0. The molecule has 3 aromatic carbocycles. The Morgan fingerprint density at radius 2 is 0.933 bits per heavy atom. The average Bonchev–Trinajstić information content (AvgIpc) is 2.68. The molecule has 3 nitrogen and oxygen atoms in total. The minimum absolute atomic E-state index is 0.302. The van der Waals surface area contributed by atoms with Crippen LogP contribution in [-0.4, -0.2) is 15.3 Å². The molecule has 0 fully saturated rings. The predicted molar refractivity (Wildman–Crippen MR) is 123 cm³/mol. The maximum Gasteiger partial charge on any atom is 0.122 e. The van der Waals surface area contributed by atoms with E-state index < -0.39 is 0 Å². The standard InChI is InChI=1S/C27H32O3/c1-14-10-25(28)16(3)8-21(14)12-23-18(5)19(6)27(30)24(20(23)7)13-22-9-17(4)26(29)11-15(22)2/h8-11,28-30H,12-13H2,1-7H3. The van der Waals surface area contributed by atoms with Crippen molar-refractivity contribution in [2.45, 2.75) is 61.3 Å². The maximum absolute atomic E-state index is 11.0. The van der Waals surface area contributed by atoms with Crippen molar-refractivity contribution in [1.82, 2.24) is 0 Å². The summed E-state index contributed by atoms with van der Waals surface area (Å²) in [5.41, 5.74) is 11.4. The van der Waals surface area contributed by atoms with Crippen molar-refractivity contribution in [2.75, 3.05) is 0 Å². The number of phenols is 3. The van der Waals surface area contributed by atoms with Gasteiger partial charge in [-0.15, -0.1) is 0 Å². The van der Waals surface area contributed by atoms with Gasteiger partial charge in [-0.1, -0.05) is 12.1 Å². The fourth-order valence-electron chi connectivity index (χ4n) is 4.24. The van der Waals surface area contributed by atoms with E-state index in [4.69, 9.17) is 0 Å². The Morgan fingerprint density at radius 3 is 1.40 bits per heavy atom. The smallest absolute Gasteiger partial charge is 0.122 e. The molecular weight excluding hydrogens is 372 g/mol. The Morgan fingerprint density at radius 1 is 0.500 bits per heavy atom. The van der Waals surface area contributed by atoms with Gasteiger partial charge in [-0.2, -0.15) is 0 Å². The number of benzene rings is 3. The van der Waals surface area contributed by atoms with Gasteiger partial charge in [-0.25, -0.2) is 0 Å². The fourth-order valence-corrected chi connectivity index (χ4v) is 4.24. The highest BCUT2D eigenvalue weighted by Crippen LogP contribution is 2.36. The van der Waals surface area contributed by atoms with E-state index in [0.29, 0.717) is 23.7 Å². The third-order valence-electron chi connectivity index (χ3n) is 6.60. The lowest BCUT2D eigenvalue weighted by atomic mass is 9.85. The molecule has 0 aromatic heterocycles. The van der Waals surface area contributed by atoms with E-state index in [0.717, 1.165) is 56.5 Å². The number of aryl methyl sites for hydroxylation is 4. The van der Waals surface area contributed by atoms with Gasteiger partial charge in [0, 0.05) is 12.0 Å². The molecule has 0 spiro atoms. The van der Waals surface area contributed by atoms with Crippen LogP contribution in [0.5, 0.6) is 17.2 Å². The highest BCUT2D eigenvalue weighted by Gasteiger charge is 2.19. The van der Waals surface area contributed by atoms with Crippen molar-refractivity contribution in [3.05, 3.63) is 85.5 Å². The van der Waals surface area contributed by atoms with Gasteiger partial charge in [0.25, 0.3) is 0 Å². The van der Waals surface area contributed by atoms with Gasteiger partial charge in [-0.3, -0.25) is 0 Å². The lowest BCUT2D eigenvalue weighted by Gasteiger charge is -2.21. The van der Waals surface area contributed by atoms with E-state index in [9.17, 15) is 15.3 Å². The SMILES string of the molecule is Cc1cc(Cc2c(C)c(C)c(O)c(Cc3cc(C)c(O)cc3C)c2C)c(C)cc1O. The molecule has 0 amide bonds. The largest absolute Gasteiger partial charge is 0.508 e. The highest BCUT2D eigenvalue weighted by molar-refractivity contribution is 5.58. The summed E-state index contributed by atoms with van der Waals surface area (Å²) in [5, 5.41) is 31.0. The van der Waals surface area contributed by atoms with Crippen molar-refractivity contribution < 1.29 is 15.3 Å². The van der Waals surface area contributed by atoms with Crippen molar-refractivity contribution in [3.63, 3.8) is 0 Å². The van der Waals surface area contributed by atoms with Gasteiger partial charge < -0.3 is 15.3 Å². The predicted octanol–water partition coefficient (Wildman–Crippen LogP) is 6.14. The number of rotatable bonds is 4. The Hall–Kier alpha value is -2.94. The summed E-state index contributed by atoms with van der Waals surface area (Å²) >= 11 is 0. The van der Waals surface area contributed by atoms with Gasteiger partial charge in [-0.05, 0) is 123 Å². The van der Waals surface area contributed by atoms with Gasteiger partial charge in [0.1, 0.15) is 17.2 Å². The average molecular weight is 405 g/mol. The molecule has 0 bridgehead atoms. The summed E-state index contributed by atoms with van der Waals surface area (Å²) in [5.74, 6) is 0.985. The minimum atomic E-state index is 0.302. The molecule has 0 saturated heterocycles. The molecule has 3 heteroatoms. The molecule has 0 unspecified atom stereocenters. The molecule has 0 heterocycles. The molecule has 0 aliphatic carbocycles. The van der Waals surface area contributed by atoms with Gasteiger partial charge in [0.05, 0.1) is 0 Å². The molecule has 0 radical (unpaired) electrons. The second-order valence-corrected chi connectivity index (χ2v) is 8.66. The van der Waals surface area contributed by atoms with Crippen molar-refractivity contribution >= 4 is 0 Å².